The van der Waals surface area contributed by atoms with E-state index in [4.69, 9.17) is 4.74 Å². The number of benzene rings is 2. The number of fused-ring (bicyclic) bond motifs is 1. The molecule has 1 N–H and O–H groups in total. The minimum Gasteiger partial charge on any atom is -0.497 e. The van der Waals surface area contributed by atoms with Gasteiger partial charge in [0, 0.05) is 16.8 Å². The number of anilines is 1. The Bertz CT molecular complexity index is 760. The first-order chi connectivity index (χ1) is 10.1. The molecule has 1 amide bonds. The molecule has 1 aliphatic heterocycles. The third-order valence-electron chi connectivity index (χ3n) is 3.74. The quantitative estimate of drug-likeness (QED) is 0.849. The lowest BCUT2D eigenvalue weighted by atomic mass is 10.00. The molecule has 0 fully saturated rings. The third kappa shape index (κ3) is 2.42. The van der Waals surface area contributed by atoms with Gasteiger partial charge >= 0.3 is 0 Å². The van der Waals surface area contributed by atoms with Gasteiger partial charge in [-0.2, -0.15) is 0 Å². The lowest BCUT2D eigenvalue weighted by Gasteiger charge is -2.05. The van der Waals surface area contributed by atoms with Crippen LogP contribution in [0.15, 0.2) is 36.4 Å². The maximum Gasteiger partial charge on any atom is 0.256 e. The van der Waals surface area contributed by atoms with E-state index in [2.05, 4.69) is 23.5 Å². The summed E-state index contributed by atoms with van der Waals surface area (Å²) in [6.45, 7) is 4.10. The van der Waals surface area contributed by atoms with Crippen molar-refractivity contribution in [3.63, 3.8) is 0 Å². The fourth-order valence-corrected chi connectivity index (χ4v) is 2.51. The number of nitrogens with one attached hydrogen (secondary N) is 1. The predicted octanol–water partition coefficient (Wildman–Crippen LogP) is 3.80. The minimum absolute atomic E-state index is 0.0702. The fraction of sp³-hybridized carbons (Fsp3) is 0.167. The zero-order valence-electron chi connectivity index (χ0n) is 12.4. The van der Waals surface area contributed by atoms with Crippen LogP contribution in [0.4, 0.5) is 5.69 Å². The molecular formula is C18H17NO2. The molecule has 106 valence electrons. The Hall–Kier alpha value is -2.55. The number of amides is 1. The highest BCUT2D eigenvalue weighted by Crippen LogP contribution is 2.36. The summed E-state index contributed by atoms with van der Waals surface area (Å²) in [4.78, 5) is 12.2. The molecule has 3 nitrogen and oxygen atoms in total. The average Bonchev–Trinajstić information content (AvgIpc) is 2.78. The van der Waals surface area contributed by atoms with Crippen molar-refractivity contribution in [3.05, 3.63) is 58.7 Å². The van der Waals surface area contributed by atoms with Crippen LogP contribution < -0.4 is 10.1 Å². The van der Waals surface area contributed by atoms with Crippen LogP contribution in [0.1, 0.15) is 22.3 Å². The molecule has 0 saturated carbocycles. The van der Waals surface area contributed by atoms with Gasteiger partial charge in [-0.25, -0.2) is 0 Å². The van der Waals surface area contributed by atoms with Crippen molar-refractivity contribution >= 4 is 23.2 Å². The molecule has 21 heavy (non-hydrogen) atoms. The lowest BCUT2D eigenvalue weighted by molar-refractivity contribution is -0.110. The molecule has 0 bridgehead atoms. The van der Waals surface area contributed by atoms with E-state index < -0.39 is 0 Å². The van der Waals surface area contributed by atoms with Crippen molar-refractivity contribution in [3.8, 4) is 5.75 Å². The maximum absolute atomic E-state index is 12.2. The van der Waals surface area contributed by atoms with Crippen LogP contribution in [0, 0.1) is 13.8 Å². The number of aryl methyl sites for hydroxylation is 2. The van der Waals surface area contributed by atoms with E-state index in [0.717, 1.165) is 28.1 Å². The van der Waals surface area contributed by atoms with E-state index in [-0.39, 0.29) is 5.91 Å². The minimum atomic E-state index is -0.0702. The zero-order valence-corrected chi connectivity index (χ0v) is 12.4. The fourth-order valence-electron chi connectivity index (χ4n) is 2.51. The number of hydrogen-bond acceptors (Lipinski definition) is 2. The molecule has 2 aromatic rings. The number of rotatable bonds is 2. The van der Waals surface area contributed by atoms with Gasteiger partial charge in [0.05, 0.1) is 7.11 Å². The van der Waals surface area contributed by atoms with Gasteiger partial charge in [0.2, 0.25) is 0 Å². The Kier molecular flexibility index (Phi) is 3.26. The first-order valence-electron chi connectivity index (χ1n) is 6.87. The smallest absolute Gasteiger partial charge is 0.256 e. The summed E-state index contributed by atoms with van der Waals surface area (Å²) in [7, 11) is 1.63. The summed E-state index contributed by atoms with van der Waals surface area (Å²) in [6, 6.07) is 11.8. The van der Waals surface area contributed by atoms with Crippen LogP contribution in [0.2, 0.25) is 0 Å². The highest BCUT2D eigenvalue weighted by Gasteiger charge is 2.24. The number of methoxy groups -OCH3 is 1. The molecule has 0 saturated heterocycles. The SMILES string of the molecule is COc1ccc2c(c1)/C(=C\c1cc(C)ccc1C)C(=O)N2. The first kappa shape index (κ1) is 13.4. The summed E-state index contributed by atoms with van der Waals surface area (Å²) in [5.74, 6) is 0.677. The Morgan fingerprint density at radius 2 is 1.90 bits per heavy atom. The van der Waals surface area contributed by atoms with E-state index in [0.29, 0.717) is 5.57 Å². The Morgan fingerprint density at radius 1 is 1.10 bits per heavy atom. The first-order valence-corrected chi connectivity index (χ1v) is 6.87. The van der Waals surface area contributed by atoms with Crippen LogP contribution >= 0.6 is 0 Å². The van der Waals surface area contributed by atoms with Gasteiger partial charge in [0.1, 0.15) is 5.75 Å². The predicted molar refractivity (Wildman–Crippen MR) is 85.4 cm³/mol. The van der Waals surface area contributed by atoms with E-state index in [1.807, 2.05) is 38.1 Å². The van der Waals surface area contributed by atoms with Crippen molar-refractivity contribution in [1.29, 1.82) is 0 Å². The largest absolute Gasteiger partial charge is 0.497 e. The molecule has 0 radical (unpaired) electrons. The molecule has 0 aromatic heterocycles. The highest BCUT2D eigenvalue weighted by molar-refractivity contribution is 6.35. The van der Waals surface area contributed by atoms with Crippen LogP contribution in [0.25, 0.3) is 11.6 Å². The van der Waals surface area contributed by atoms with E-state index >= 15 is 0 Å². The second-order valence-electron chi connectivity index (χ2n) is 5.28. The maximum atomic E-state index is 12.2. The number of carbonyl (C=O) groups is 1. The van der Waals surface area contributed by atoms with Gasteiger partial charge < -0.3 is 10.1 Å². The Balaban J connectivity index is 2.13. The van der Waals surface area contributed by atoms with Gasteiger partial charge in [0.15, 0.2) is 0 Å². The van der Waals surface area contributed by atoms with Gasteiger partial charge in [-0.15, -0.1) is 0 Å². The van der Waals surface area contributed by atoms with Gasteiger partial charge in [0.25, 0.3) is 5.91 Å². The molecule has 0 atom stereocenters. The summed E-state index contributed by atoms with van der Waals surface area (Å²) in [5.41, 5.74) is 5.79. The van der Waals surface area contributed by atoms with Crippen LogP contribution in [0.3, 0.4) is 0 Å². The number of carbonyl (C=O) groups excluding carboxylic acids is 1. The summed E-state index contributed by atoms with van der Waals surface area (Å²) in [6.07, 6.45) is 1.95. The number of ether oxygens (including phenoxy) is 1. The van der Waals surface area contributed by atoms with Gasteiger partial charge in [-0.3, -0.25) is 4.79 Å². The van der Waals surface area contributed by atoms with Crippen LogP contribution in [0.5, 0.6) is 5.75 Å². The normalized spacial score (nSPS) is 15.0. The Morgan fingerprint density at radius 3 is 2.67 bits per heavy atom. The van der Waals surface area contributed by atoms with Crippen molar-refractivity contribution in [2.45, 2.75) is 13.8 Å². The topological polar surface area (TPSA) is 38.3 Å². The number of hydrogen-bond donors (Lipinski definition) is 1. The Labute approximate surface area is 124 Å². The standard InChI is InChI=1S/C18H17NO2/c1-11-4-5-12(2)13(8-11)9-16-15-10-14(21-3)6-7-17(15)19-18(16)20/h4-10H,1-3H3,(H,19,20)/b16-9+. The van der Waals surface area contributed by atoms with E-state index in [1.165, 1.54) is 5.56 Å². The highest BCUT2D eigenvalue weighted by atomic mass is 16.5. The molecule has 1 aliphatic rings. The van der Waals surface area contributed by atoms with Gasteiger partial charge in [-0.05, 0) is 49.2 Å². The molecule has 1 heterocycles. The molecule has 2 aromatic carbocycles. The van der Waals surface area contributed by atoms with Crippen molar-refractivity contribution in [2.75, 3.05) is 12.4 Å². The molecule has 0 spiro atoms. The molecule has 3 heteroatoms. The lowest BCUT2D eigenvalue weighted by Crippen LogP contribution is -2.03. The molecule has 0 unspecified atom stereocenters. The van der Waals surface area contributed by atoms with Gasteiger partial charge in [-0.1, -0.05) is 23.8 Å². The van der Waals surface area contributed by atoms with Crippen molar-refractivity contribution < 1.29 is 9.53 Å². The monoisotopic (exact) mass is 279 g/mol. The second-order valence-corrected chi connectivity index (χ2v) is 5.28. The van der Waals surface area contributed by atoms with Crippen molar-refractivity contribution in [2.24, 2.45) is 0 Å². The summed E-state index contributed by atoms with van der Waals surface area (Å²) in [5, 5.41) is 2.89. The van der Waals surface area contributed by atoms with E-state index in [1.54, 1.807) is 7.11 Å². The average molecular weight is 279 g/mol. The zero-order chi connectivity index (χ0) is 15.0. The summed E-state index contributed by atoms with van der Waals surface area (Å²) >= 11 is 0. The van der Waals surface area contributed by atoms with Crippen LogP contribution in [-0.4, -0.2) is 13.0 Å². The third-order valence-corrected chi connectivity index (χ3v) is 3.74. The summed E-state index contributed by atoms with van der Waals surface area (Å²) < 4.78 is 5.25. The second kappa shape index (κ2) is 5.09. The van der Waals surface area contributed by atoms with E-state index in [9.17, 15) is 4.79 Å². The van der Waals surface area contributed by atoms with Crippen LogP contribution in [-0.2, 0) is 4.79 Å². The molecular weight excluding hydrogens is 262 g/mol. The molecule has 0 aliphatic carbocycles. The molecule has 3 rings (SSSR count). The van der Waals surface area contributed by atoms with Crippen molar-refractivity contribution in [1.82, 2.24) is 0 Å².